The first-order valence-corrected chi connectivity index (χ1v) is 9.06. The summed E-state index contributed by atoms with van der Waals surface area (Å²) in [5, 5.41) is 2.91. The molecule has 0 unspecified atom stereocenters. The zero-order valence-electron chi connectivity index (χ0n) is 15.1. The molecular weight excluding hydrogens is 348 g/mol. The molecule has 142 valence electrons. The predicted octanol–water partition coefficient (Wildman–Crippen LogP) is 2.50. The molecule has 1 aliphatic carbocycles. The molecule has 1 saturated carbocycles. The Bertz CT molecular complexity index is 827. The number of anilines is 1. The van der Waals surface area contributed by atoms with Crippen LogP contribution in [0, 0.1) is 5.92 Å². The van der Waals surface area contributed by atoms with Gasteiger partial charge in [0.25, 0.3) is 5.91 Å². The van der Waals surface area contributed by atoms with E-state index in [4.69, 9.17) is 13.9 Å². The molecule has 7 heteroatoms. The van der Waals surface area contributed by atoms with Gasteiger partial charge in [-0.05, 0) is 36.8 Å². The smallest absolute Gasteiger partial charge is 0.254 e. The van der Waals surface area contributed by atoms with Gasteiger partial charge in [-0.1, -0.05) is 0 Å². The van der Waals surface area contributed by atoms with Crippen LogP contribution >= 0.6 is 0 Å². The van der Waals surface area contributed by atoms with E-state index in [1.807, 2.05) is 12.1 Å². The van der Waals surface area contributed by atoms with Crippen LogP contribution in [0.5, 0.6) is 5.75 Å². The Morgan fingerprint density at radius 3 is 2.74 bits per heavy atom. The summed E-state index contributed by atoms with van der Waals surface area (Å²) in [6.07, 6.45) is 2.38. The Balaban J connectivity index is 1.48. The topological polar surface area (TPSA) is 81.0 Å². The minimum absolute atomic E-state index is 0.0728. The van der Waals surface area contributed by atoms with Gasteiger partial charge in [-0.2, -0.15) is 0 Å². The molecule has 2 aliphatic rings. The van der Waals surface area contributed by atoms with E-state index in [1.54, 1.807) is 29.4 Å². The van der Waals surface area contributed by atoms with Gasteiger partial charge in [0.15, 0.2) is 0 Å². The number of amides is 2. The lowest BCUT2D eigenvalue weighted by atomic mass is 10.1. The lowest BCUT2D eigenvalue weighted by Gasteiger charge is -2.27. The lowest BCUT2D eigenvalue weighted by molar-refractivity contribution is -0.117. The Hall–Kier alpha value is -2.80. The summed E-state index contributed by atoms with van der Waals surface area (Å²) >= 11 is 0. The average Bonchev–Trinajstić information content (AvgIpc) is 3.33. The van der Waals surface area contributed by atoms with Crippen molar-refractivity contribution in [1.82, 2.24) is 4.90 Å². The van der Waals surface area contributed by atoms with Crippen molar-refractivity contribution in [3.63, 3.8) is 0 Å². The van der Waals surface area contributed by atoms with Crippen LogP contribution < -0.4 is 10.1 Å². The molecule has 1 aromatic carbocycles. The minimum atomic E-state index is -0.126. The van der Waals surface area contributed by atoms with Crippen molar-refractivity contribution in [3.8, 4) is 5.75 Å². The number of ether oxygens (including phenoxy) is 2. The van der Waals surface area contributed by atoms with E-state index >= 15 is 0 Å². The molecule has 2 atom stereocenters. The van der Waals surface area contributed by atoms with Crippen LogP contribution in [0.25, 0.3) is 0 Å². The fourth-order valence-corrected chi connectivity index (χ4v) is 3.41. The largest absolute Gasteiger partial charge is 0.495 e. The van der Waals surface area contributed by atoms with Crippen LogP contribution in [0.4, 0.5) is 5.69 Å². The Morgan fingerprint density at radius 1 is 1.22 bits per heavy atom. The van der Waals surface area contributed by atoms with Crippen LogP contribution in [-0.4, -0.2) is 50.1 Å². The summed E-state index contributed by atoms with van der Waals surface area (Å²) in [7, 11) is 1.54. The van der Waals surface area contributed by atoms with Crippen LogP contribution in [0.3, 0.4) is 0 Å². The van der Waals surface area contributed by atoms with Gasteiger partial charge in [0.05, 0.1) is 32.3 Å². The van der Waals surface area contributed by atoms with Crippen LogP contribution in [-0.2, 0) is 9.53 Å². The molecule has 2 fully saturated rings. The van der Waals surface area contributed by atoms with Crippen LogP contribution in [0.2, 0.25) is 0 Å². The summed E-state index contributed by atoms with van der Waals surface area (Å²) in [4.78, 5) is 27.1. The number of methoxy groups -OCH3 is 1. The highest BCUT2D eigenvalue weighted by atomic mass is 16.5. The molecular formula is C20H22N2O5. The number of furan rings is 1. The summed E-state index contributed by atoms with van der Waals surface area (Å²) < 4.78 is 16.0. The van der Waals surface area contributed by atoms with Gasteiger partial charge in [-0.15, -0.1) is 0 Å². The van der Waals surface area contributed by atoms with Gasteiger partial charge in [0, 0.05) is 30.5 Å². The third-order valence-electron chi connectivity index (χ3n) is 5.04. The second kappa shape index (κ2) is 7.44. The number of nitrogens with one attached hydrogen (secondary N) is 1. The van der Waals surface area contributed by atoms with Gasteiger partial charge in [-0.3, -0.25) is 9.59 Å². The maximum atomic E-state index is 12.7. The maximum Gasteiger partial charge on any atom is 0.254 e. The van der Waals surface area contributed by atoms with Crippen molar-refractivity contribution in [2.75, 3.05) is 38.7 Å². The van der Waals surface area contributed by atoms with Crippen molar-refractivity contribution in [1.29, 1.82) is 0 Å². The predicted molar refractivity (Wildman–Crippen MR) is 97.9 cm³/mol. The SMILES string of the molecule is COc1ccc(C(=O)N2CCOCC2)cc1NC(=O)[C@@H]1C[C@@H]1c1ccco1. The summed E-state index contributed by atoms with van der Waals surface area (Å²) in [6.45, 7) is 2.22. The zero-order chi connectivity index (χ0) is 18.8. The minimum Gasteiger partial charge on any atom is -0.495 e. The molecule has 27 heavy (non-hydrogen) atoms. The highest BCUT2D eigenvalue weighted by molar-refractivity contribution is 6.00. The van der Waals surface area contributed by atoms with E-state index in [0.29, 0.717) is 43.3 Å². The molecule has 1 N–H and O–H groups in total. The van der Waals surface area contributed by atoms with E-state index in [2.05, 4.69) is 5.32 Å². The third kappa shape index (κ3) is 3.68. The number of benzene rings is 1. The quantitative estimate of drug-likeness (QED) is 0.875. The molecule has 1 aromatic heterocycles. The fraction of sp³-hybridized carbons (Fsp3) is 0.400. The summed E-state index contributed by atoms with van der Waals surface area (Å²) in [6, 6.07) is 8.82. The average molecular weight is 370 g/mol. The normalized spacial score (nSPS) is 21.6. The van der Waals surface area contributed by atoms with E-state index < -0.39 is 0 Å². The number of nitrogens with zero attached hydrogens (tertiary/aromatic N) is 1. The third-order valence-corrected chi connectivity index (χ3v) is 5.04. The van der Waals surface area contributed by atoms with Crippen molar-refractivity contribution >= 4 is 17.5 Å². The Morgan fingerprint density at radius 2 is 2.04 bits per heavy atom. The first-order valence-electron chi connectivity index (χ1n) is 9.06. The molecule has 2 aromatic rings. The highest BCUT2D eigenvalue weighted by Crippen LogP contribution is 2.48. The molecule has 2 heterocycles. The summed E-state index contributed by atoms with van der Waals surface area (Å²) in [5.41, 5.74) is 1.03. The molecule has 4 rings (SSSR count). The second-order valence-electron chi connectivity index (χ2n) is 6.77. The molecule has 0 spiro atoms. The molecule has 1 aliphatic heterocycles. The van der Waals surface area contributed by atoms with Crippen molar-refractivity contribution in [2.24, 2.45) is 5.92 Å². The van der Waals surface area contributed by atoms with E-state index in [9.17, 15) is 9.59 Å². The zero-order valence-corrected chi connectivity index (χ0v) is 15.1. The molecule has 0 bridgehead atoms. The molecule has 1 saturated heterocycles. The fourth-order valence-electron chi connectivity index (χ4n) is 3.41. The Kier molecular flexibility index (Phi) is 4.85. The van der Waals surface area contributed by atoms with Gasteiger partial charge < -0.3 is 24.1 Å². The lowest BCUT2D eigenvalue weighted by Crippen LogP contribution is -2.40. The van der Waals surface area contributed by atoms with Crippen molar-refractivity contribution in [3.05, 3.63) is 47.9 Å². The summed E-state index contributed by atoms with van der Waals surface area (Å²) in [5.74, 6) is 1.18. The van der Waals surface area contributed by atoms with Gasteiger partial charge in [-0.25, -0.2) is 0 Å². The highest BCUT2D eigenvalue weighted by Gasteiger charge is 2.46. The first-order chi connectivity index (χ1) is 13.2. The number of morpholine rings is 1. The second-order valence-corrected chi connectivity index (χ2v) is 6.77. The van der Waals surface area contributed by atoms with E-state index in [0.717, 1.165) is 12.2 Å². The monoisotopic (exact) mass is 370 g/mol. The number of hydrogen-bond acceptors (Lipinski definition) is 5. The van der Waals surface area contributed by atoms with Gasteiger partial charge in [0.2, 0.25) is 5.91 Å². The first kappa shape index (κ1) is 17.6. The van der Waals surface area contributed by atoms with Gasteiger partial charge >= 0.3 is 0 Å². The van der Waals surface area contributed by atoms with Crippen molar-refractivity contribution < 1.29 is 23.5 Å². The molecule has 7 nitrogen and oxygen atoms in total. The number of carbonyl (C=O) groups is 2. The van der Waals surface area contributed by atoms with E-state index in [1.165, 1.54) is 7.11 Å². The van der Waals surface area contributed by atoms with Gasteiger partial charge in [0.1, 0.15) is 11.5 Å². The van der Waals surface area contributed by atoms with Crippen LogP contribution in [0.1, 0.15) is 28.5 Å². The number of carbonyl (C=O) groups excluding carboxylic acids is 2. The maximum absolute atomic E-state index is 12.7. The van der Waals surface area contributed by atoms with E-state index in [-0.39, 0.29) is 23.7 Å². The molecule has 2 amide bonds. The number of rotatable bonds is 5. The van der Waals surface area contributed by atoms with Crippen LogP contribution in [0.15, 0.2) is 41.0 Å². The molecule has 0 radical (unpaired) electrons. The Labute approximate surface area is 157 Å². The van der Waals surface area contributed by atoms with Crippen molar-refractivity contribution in [2.45, 2.75) is 12.3 Å². The number of hydrogen-bond donors (Lipinski definition) is 1. The standard InChI is InChI=1S/C20H22N2O5/c1-25-18-5-4-13(20(24)22-6-9-26-10-7-22)11-16(18)21-19(23)15-12-14(15)17-3-2-8-27-17/h2-5,8,11,14-15H,6-7,9-10,12H2,1H3,(H,21,23)/t14-,15+/m0/s1.